The van der Waals surface area contributed by atoms with Crippen LogP contribution >= 0.6 is 0 Å². The molecule has 0 saturated carbocycles. The van der Waals surface area contributed by atoms with Crippen molar-refractivity contribution in [1.82, 2.24) is 10.6 Å². The first kappa shape index (κ1) is 27.9. The Bertz CT molecular complexity index is 1210. The Kier molecular flexibility index (Phi) is 9.12. The van der Waals surface area contributed by atoms with Crippen LogP contribution in [0.25, 0.3) is 0 Å². The Labute approximate surface area is 211 Å². The highest BCUT2D eigenvalue weighted by molar-refractivity contribution is 5.78. The van der Waals surface area contributed by atoms with Gasteiger partial charge in [0.2, 0.25) is 5.91 Å². The summed E-state index contributed by atoms with van der Waals surface area (Å²) >= 11 is 0. The van der Waals surface area contributed by atoms with Gasteiger partial charge in [-0.2, -0.15) is 13.2 Å². The predicted octanol–water partition coefficient (Wildman–Crippen LogP) is 4.37. The molecule has 10 heteroatoms. The summed E-state index contributed by atoms with van der Waals surface area (Å²) in [5, 5.41) is 35.1. The molecule has 0 aliphatic heterocycles. The maximum absolute atomic E-state index is 13.9. The number of halogens is 4. The fraction of sp³-hybridized carbons (Fsp3) is 0.296. The van der Waals surface area contributed by atoms with Crippen molar-refractivity contribution in [3.8, 4) is 11.5 Å². The summed E-state index contributed by atoms with van der Waals surface area (Å²) in [6.07, 6.45) is -5.01. The van der Waals surface area contributed by atoms with Crippen LogP contribution in [-0.2, 0) is 30.4 Å². The van der Waals surface area contributed by atoms with Gasteiger partial charge in [-0.05, 0) is 60.4 Å². The van der Waals surface area contributed by atoms with E-state index in [4.69, 9.17) is 0 Å². The molecule has 198 valence electrons. The number of nitrogens with one attached hydrogen (secondary N) is 2. The molecular formula is C27H28F4N2O4. The van der Waals surface area contributed by atoms with Crippen LogP contribution in [0.3, 0.4) is 0 Å². The zero-order valence-electron chi connectivity index (χ0n) is 20.0. The number of alkyl halides is 3. The normalized spacial score (nSPS) is 13.2. The standard InChI is InChI=1S/C27H28F4N2O4/c1-16(32-15-25(36)19-11-22(34)13-23(35)12-19)7-17-3-2-4-18(8-17)9-26(37)33-14-20-10-21(27(29,30)31)5-6-24(20)28/h2-6,8,10-13,16,25,32,34-36H,7,9,14-15H2,1H3,(H,33,37)/t16-,25+/m1/s1. The number of phenolic OH excluding ortho intramolecular Hbond substituents is 2. The lowest BCUT2D eigenvalue weighted by molar-refractivity contribution is -0.137. The Morgan fingerprint density at radius 2 is 1.65 bits per heavy atom. The molecule has 5 N–H and O–H groups in total. The van der Waals surface area contributed by atoms with Crippen LogP contribution in [0.15, 0.2) is 60.7 Å². The lowest BCUT2D eigenvalue weighted by atomic mass is 10.0. The Hall–Kier alpha value is -3.63. The minimum absolute atomic E-state index is 0.0318. The number of benzene rings is 3. The molecule has 0 unspecified atom stereocenters. The molecule has 0 spiro atoms. The van der Waals surface area contributed by atoms with E-state index in [0.717, 1.165) is 11.6 Å². The zero-order valence-corrected chi connectivity index (χ0v) is 20.0. The first-order chi connectivity index (χ1) is 17.4. The van der Waals surface area contributed by atoms with Gasteiger partial charge in [-0.3, -0.25) is 4.79 Å². The van der Waals surface area contributed by atoms with Crippen LogP contribution in [-0.4, -0.2) is 33.8 Å². The average Bonchev–Trinajstić information content (AvgIpc) is 2.81. The van der Waals surface area contributed by atoms with Gasteiger partial charge in [0.1, 0.15) is 17.3 Å². The molecule has 0 aliphatic carbocycles. The van der Waals surface area contributed by atoms with E-state index >= 15 is 0 Å². The third kappa shape index (κ3) is 8.47. The molecule has 3 aromatic carbocycles. The average molecular weight is 521 g/mol. The molecule has 37 heavy (non-hydrogen) atoms. The fourth-order valence-electron chi connectivity index (χ4n) is 3.86. The van der Waals surface area contributed by atoms with E-state index in [9.17, 15) is 37.7 Å². The van der Waals surface area contributed by atoms with E-state index in [1.807, 2.05) is 19.1 Å². The number of aromatic hydroxyl groups is 2. The van der Waals surface area contributed by atoms with Crippen LogP contribution in [0.1, 0.15) is 40.8 Å². The van der Waals surface area contributed by atoms with E-state index in [-0.39, 0.29) is 42.6 Å². The fourth-order valence-corrected chi connectivity index (χ4v) is 3.86. The van der Waals surface area contributed by atoms with E-state index in [2.05, 4.69) is 10.6 Å². The number of rotatable bonds is 10. The number of amides is 1. The van der Waals surface area contributed by atoms with Crippen molar-refractivity contribution in [3.05, 3.63) is 94.3 Å². The summed E-state index contributed by atoms with van der Waals surface area (Å²) in [6, 6.07) is 13.1. The van der Waals surface area contributed by atoms with Crippen molar-refractivity contribution in [2.45, 2.75) is 44.6 Å². The maximum Gasteiger partial charge on any atom is 0.416 e. The maximum atomic E-state index is 13.9. The van der Waals surface area contributed by atoms with Gasteiger partial charge in [0.25, 0.3) is 0 Å². The number of hydrogen-bond acceptors (Lipinski definition) is 5. The minimum atomic E-state index is -4.61. The Balaban J connectivity index is 1.51. The molecule has 0 bridgehead atoms. The first-order valence-corrected chi connectivity index (χ1v) is 11.5. The smallest absolute Gasteiger partial charge is 0.416 e. The second kappa shape index (κ2) is 12.1. The highest BCUT2D eigenvalue weighted by Crippen LogP contribution is 2.30. The lowest BCUT2D eigenvalue weighted by Crippen LogP contribution is -2.32. The highest BCUT2D eigenvalue weighted by Gasteiger charge is 2.31. The second-order valence-electron chi connectivity index (χ2n) is 8.89. The number of hydrogen-bond donors (Lipinski definition) is 5. The van der Waals surface area contributed by atoms with Gasteiger partial charge in [0, 0.05) is 30.8 Å². The first-order valence-electron chi connectivity index (χ1n) is 11.5. The summed E-state index contributed by atoms with van der Waals surface area (Å²) in [4.78, 5) is 12.3. The van der Waals surface area contributed by atoms with Crippen molar-refractivity contribution >= 4 is 5.91 Å². The van der Waals surface area contributed by atoms with Gasteiger partial charge in [0.05, 0.1) is 18.1 Å². The molecule has 0 saturated heterocycles. The highest BCUT2D eigenvalue weighted by atomic mass is 19.4. The summed E-state index contributed by atoms with van der Waals surface area (Å²) < 4.78 is 52.5. The number of carbonyl (C=O) groups excluding carboxylic acids is 1. The monoisotopic (exact) mass is 520 g/mol. The summed E-state index contributed by atoms with van der Waals surface area (Å²) in [7, 11) is 0. The molecule has 0 fully saturated rings. The molecule has 0 aliphatic rings. The van der Waals surface area contributed by atoms with Crippen LogP contribution in [0, 0.1) is 5.82 Å². The quantitative estimate of drug-likeness (QED) is 0.256. The zero-order chi connectivity index (χ0) is 27.2. The van der Waals surface area contributed by atoms with E-state index in [1.165, 1.54) is 18.2 Å². The number of phenols is 2. The summed E-state index contributed by atoms with van der Waals surface area (Å²) in [5.41, 5.74) is 0.733. The van der Waals surface area contributed by atoms with Crippen molar-refractivity contribution in [2.75, 3.05) is 6.54 Å². The molecule has 3 rings (SSSR count). The summed E-state index contributed by atoms with van der Waals surface area (Å²) in [6.45, 7) is 1.72. The topological polar surface area (TPSA) is 102 Å². The number of carbonyl (C=O) groups is 1. The van der Waals surface area contributed by atoms with Gasteiger partial charge >= 0.3 is 6.18 Å². The van der Waals surface area contributed by atoms with E-state index in [0.29, 0.717) is 29.7 Å². The molecule has 0 heterocycles. The molecule has 3 aromatic rings. The van der Waals surface area contributed by atoms with E-state index in [1.54, 1.807) is 12.1 Å². The number of aliphatic hydroxyl groups is 1. The van der Waals surface area contributed by atoms with Crippen LogP contribution in [0.4, 0.5) is 17.6 Å². The molecule has 0 aromatic heterocycles. The van der Waals surface area contributed by atoms with Crippen LogP contribution < -0.4 is 10.6 Å². The Morgan fingerprint density at radius 1 is 0.973 bits per heavy atom. The van der Waals surface area contributed by atoms with Gasteiger partial charge in [-0.1, -0.05) is 24.3 Å². The minimum Gasteiger partial charge on any atom is -0.508 e. The molecule has 2 atom stereocenters. The molecule has 1 amide bonds. The van der Waals surface area contributed by atoms with Gasteiger partial charge < -0.3 is 26.0 Å². The largest absolute Gasteiger partial charge is 0.508 e. The van der Waals surface area contributed by atoms with Gasteiger partial charge in [0.15, 0.2) is 0 Å². The van der Waals surface area contributed by atoms with Crippen molar-refractivity contribution in [3.63, 3.8) is 0 Å². The summed E-state index contributed by atoms with van der Waals surface area (Å²) in [5.74, 6) is -1.59. The predicted molar refractivity (Wildman–Crippen MR) is 129 cm³/mol. The number of aliphatic hydroxyl groups excluding tert-OH is 1. The Morgan fingerprint density at radius 3 is 2.32 bits per heavy atom. The van der Waals surface area contributed by atoms with Crippen molar-refractivity contribution < 1.29 is 37.7 Å². The lowest BCUT2D eigenvalue weighted by Gasteiger charge is -2.18. The third-order valence-electron chi connectivity index (χ3n) is 5.72. The van der Waals surface area contributed by atoms with Gasteiger partial charge in [-0.25, -0.2) is 4.39 Å². The second-order valence-corrected chi connectivity index (χ2v) is 8.89. The van der Waals surface area contributed by atoms with Crippen LogP contribution in [0.5, 0.6) is 11.5 Å². The molecule has 6 nitrogen and oxygen atoms in total. The SMILES string of the molecule is C[C@H](Cc1cccc(CC(=O)NCc2cc(C(F)(F)F)ccc2F)c1)NC[C@H](O)c1cc(O)cc(O)c1. The molecular weight excluding hydrogens is 492 g/mol. The van der Waals surface area contributed by atoms with Gasteiger partial charge in [-0.15, -0.1) is 0 Å². The van der Waals surface area contributed by atoms with Crippen molar-refractivity contribution in [2.24, 2.45) is 0 Å². The third-order valence-corrected chi connectivity index (χ3v) is 5.72. The van der Waals surface area contributed by atoms with Crippen molar-refractivity contribution in [1.29, 1.82) is 0 Å². The van der Waals surface area contributed by atoms with Crippen LogP contribution in [0.2, 0.25) is 0 Å². The molecule has 0 radical (unpaired) electrons. The van der Waals surface area contributed by atoms with E-state index < -0.39 is 29.6 Å².